The van der Waals surface area contributed by atoms with Gasteiger partial charge in [-0.05, 0) is 23.8 Å². The number of halogens is 1. The molecule has 0 aliphatic carbocycles. The summed E-state index contributed by atoms with van der Waals surface area (Å²) in [7, 11) is 1.64. The standard InChI is InChI=1S/C16H19FN4O/c1-18-16(22)8-15-11-20(10-14-5-6-19-21(14)15)9-12-3-2-4-13(17)7-12/h2-7,15H,8-11H2,1H3,(H,18,22). The summed E-state index contributed by atoms with van der Waals surface area (Å²) in [4.78, 5) is 13.9. The fraction of sp³-hybridized carbons (Fsp3) is 0.375. The first kappa shape index (κ1) is 14.7. The van der Waals surface area contributed by atoms with Gasteiger partial charge in [0.2, 0.25) is 5.91 Å². The van der Waals surface area contributed by atoms with E-state index in [-0.39, 0.29) is 17.8 Å². The Balaban J connectivity index is 1.76. The Kier molecular flexibility index (Phi) is 4.20. The molecule has 2 heterocycles. The molecule has 6 heteroatoms. The van der Waals surface area contributed by atoms with E-state index in [2.05, 4.69) is 15.3 Å². The average molecular weight is 302 g/mol. The van der Waals surface area contributed by atoms with Crippen molar-refractivity contribution in [3.8, 4) is 0 Å². The number of fused-ring (bicyclic) bond motifs is 1. The molecule has 0 spiro atoms. The highest BCUT2D eigenvalue weighted by Crippen LogP contribution is 2.24. The maximum Gasteiger partial charge on any atom is 0.221 e. The van der Waals surface area contributed by atoms with Crippen LogP contribution in [0.5, 0.6) is 0 Å². The zero-order valence-corrected chi connectivity index (χ0v) is 12.5. The second kappa shape index (κ2) is 6.27. The molecule has 3 rings (SSSR count). The zero-order chi connectivity index (χ0) is 15.5. The van der Waals surface area contributed by atoms with Crippen LogP contribution in [0.1, 0.15) is 23.7 Å². The van der Waals surface area contributed by atoms with Crippen LogP contribution in [-0.2, 0) is 17.9 Å². The van der Waals surface area contributed by atoms with Crippen LogP contribution in [0.4, 0.5) is 4.39 Å². The average Bonchev–Trinajstić information content (AvgIpc) is 2.95. The minimum absolute atomic E-state index is 0.000874. The van der Waals surface area contributed by atoms with Gasteiger partial charge in [-0.2, -0.15) is 5.10 Å². The minimum Gasteiger partial charge on any atom is -0.359 e. The maximum absolute atomic E-state index is 13.3. The van der Waals surface area contributed by atoms with Crippen LogP contribution in [-0.4, -0.2) is 34.2 Å². The van der Waals surface area contributed by atoms with Gasteiger partial charge < -0.3 is 5.32 Å². The molecule has 5 nitrogen and oxygen atoms in total. The van der Waals surface area contributed by atoms with Gasteiger partial charge in [0.1, 0.15) is 5.82 Å². The van der Waals surface area contributed by atoms with Crippen molar-refractivity contribution >= 4 is 5.91 Å². The van der Waals surface area contributed by atoms with E-state index in [1.54, 1.807) is 25.4 Å². The van der Waals surface area contributed by atoms with Gasteiger partial charge in [0.25, 0.3) is 0 Å². The van der Waals surface area contributed by atoms with Crippen LogP contribution in [0.25, 0.3) is 0 Å². The lowest BCUT2D eigenvalue weighted by molar-refractivity contribution is -0.121. The Morgan fingerprint density at radius 1 is 1.45 bits per heavy atom. The molecule has 1 aliphatic heterocycles. The SMILES string of the molecule is CNC(=O)CC1CN(Cc2cccc(F)c2)Cc2ccnn21. The van der Waals surface area contributed by atoms with E-state index in [0.29, 0.717) is 13.0 Å². The van der Waals surface area contributed by atoms with Gasteiger partial charge in [-0.15, -0.1) is 0 Å². The third-order valence-corrected chi connectivity index (χ3v) is 3.95. The minimum atomic E-state index is -0.221. The summed E-state index contributed by atoms with van der Waals surface area (Å²) in [5.74, 6) is -0.222. The fourth-order valence-corrected chi connectivity index (χ4v) is 2.95. The predicted molar refractivity (Wildman–Crippen MR) is 80.5 cm³/mol. The summed E-state index contributed by atoms with van der Waals surface area (Å²) < 4.78 is 15.2. The molecule has 0 saturated carbocycles. The number of nitrogens with zero attached hydrogens (tertiary/aromatic N) is 3. The molecule has 2 aromatic rings. The summed E-state index contributed by atoms with van der Waals surface area (Å²) in [5.41, 5.74) is 2.02. The van der Waals surface area contributed by atoms with Gasteiger partial charge in [0, 0.05) is 32.9 Å². The molecule has 0 saturated heterocycles. The van der Waals surface area contributed by atoms with Crippen LogP contribution in [0.3, 0.4) is 0 Å². The van der Waals surface area contributed by atoms with Crippen molar-refractivity contribution in [1.29, 1.82) is 0 Å². The molecular formula is C16H19FN4O. The van der Waals surface area contributed by atoms with E-state index in [0.717, 1.165) is 24.3 Å². The Bertz CT molecular complexity index is 670. The first-order valence-corrected chi connectivity index (χ1v) is 7.35. The second-order valence-corrected chi connectivity index (χ2v) is 5.60. The highest BCUT2D eigenvalue weighted by Gasteiger charge is 2.27. The number of rotatable bonds is 4. The molecule has 0 bridgehead atoms. The molecule has 1 aliphatic rings. The van der Waals surface area contributed by atoms with Crippen molar-refractivity contribution in [3.05, 3.63) is 53.6 Å². The van der Waals surface area contributed by atoms with Crippen molar-refractivity contribution < 1.29 is 9.18 Å². The third-order valence-electron chi connectivity index (χ3n) is 3.95. The van der Waals surface area contributed by atoms with E-state index in [4.69, 9.17) is 0 Å². The Hall–Kier alpha value is -2.21. The second-order valence-electron chi connectivity index (χ2n) is 5.60. The van der Waals surface area contributed by atoms with Gasteiger partial charge in [0.15, 0.2) is 0 Å². The van der Waals surface area contributed by atoms with E-state index >= 15 is 0 Å². The largest absolute Gasteiger partial charge is 0.359 e. The lowest BCUT2D eigenvalue weighted by Gasteiger charge is -2.33. The molecular weight excluding hydrogens is 283 g/mol. The van der Waals surface area contributed by atoms with Gasteiger partial charge in [-0.1, -0.05) is 12.1 Å². The number of aromatic nitrogens is 2. The van der Waals surface area contributed by atoms with Gasteiger partial charge in [0.05, 0.1) is 18.2 Å². The third kappa shape index (κ3) is 3.17. The summed E-state index contributed by atoms with van der Waals surface area (Å²) in [6.45, 7) is 2.13. The molecule has 0 radical (unpaired) electrons. The van der Waals surface area contributed by atoms with E-state index < -0.39 is 0 Å². The van der Waals surface area contributed by atoms with Crippen LogP contribution in [0, 0.1) is 5.82 Å². The zero-order valence-electron chi connectivity index (χ0n) is 12.5. The summed E-state index contributed by atoms with van der Waals surface area (Å²) >= 11 is 0. The van der Waals surface area contributed by atoms with Crippen molar-refractivity contribution in [3.63, 3.8) is 0 Å². The summed E-state index contributed by atoms with van der Waals surface area (Å²) in [5, 5.41) is 6.99. The van der Waals surface area contributed by atoms with Gasteiger partial charge in [-0.25, -0.2) is 4.39 Å². The number of hydrogen-bond acceptors (Lipinski definition) is 3. The molecule has 116 valence electrons. The molecule has 1 aromatic heterocycles. The summed E-state index contributed by atoms with van der Waals surface area (Å²) in [6.07, 6.45) is 2.16. The number of nitrogens with one attached hydrogen (secondary N) is 1. The summed E-state index contributed by atoms with van der Waals surface area (Å²) in [6, 6.07) is 8.62. The maximum atomic E-state index is 13.3. The number of benzene rings is 1. The highest BCUT2D eigenvalue weighted by molar-refractivity contribution is 5.76. The Morgan fingerprint density at radius 2 is 2.32 bits per heavy atom. The van der Waals surface area contributed by atoms with Crippen LogP contribution in [0.2, 0.25) is 0 Å². The monoisotopic (exact) mass is 302 g/mol. The Labute approximate surface area is 128 Å². The smallest absolute Gasteiger partial charge is 0.221 e. The van der Waals surface area contributed by atoms with E-state index in [1.165, 1.54) is 6.07 Å². The molecule has 1 aromatic carbocycles. The van der Waals surface area contributed by atoms with Gasteiger partial charge in [-0.3, -0.25) is 14.4 Å². The predicted octanol–water partition coefficient (Wildman–Crippen LogP) is 1.72. The number of carbonyl (C=O) groups excluding carboxylic acids is 1. The molecule has 0 fully saturated rings. The van der Waals surface area contributed by atoms with Crippen molar-refractivity contribution in [2.45, 2.75) is 25.6 Å². The topological polar surface area (TPSA) is 50.2 Å². The number of amides is 1. The Morgan fingerprint density at radius 3 is 3.09 bits per heavy atom. The molecule has 1 unspecified atom stereocenters. The van der Waals surface area contributed by atoms with Crippen LogP contribution < -0.4 is 5.32 Å². The molecule has 22 heavy (non-hydrogen) atoms. The number of hydrogen-bond donors (Lipinski definition) is 1. The van der Waals surface area contributed by atoms with Crippen molar-refractivity contribution in [2.24, 2.45) is 0 Å². The lowest BCUT2D eigenvalue weighted by Crippen LogP contribution is -2.39. The molecule has 1 atom stereocenters. The normalized spacial score (nSPS) is 18.0. The van der Waals surface area contributed by atoms with Crippen LogP contribution >= 0.6 is 0 Å². The van der Waals surface area contributed by atoms with Crippen molar-refractivity contribution in [1.82, 2.24) is 20.0 Å². The van der Waals surface area contributed by atoms with E-state index in [1.807, 2.05) is 16.8 Å². The molecule has 1 amide bonds. The van der Waals surface area contributed by atoms with E-state index in [9.17, 15) is 9.18 Å². The van der Waals surface area contributed by atoms with Crippen LogP contribution in [0.15, 0.2) is 36.5 Å². The van der Waals surface area contributed by atoms with Gasteiger partial charge >= 0.3 is 0 Å². The lowest BCUT2D eigenvalue weighted by atomic mass is 10.1. The van der Waals surface area contributed by atoms with Crippen molar-refractivity contribution in [2.75, 3.05) is 13.6 Å². The molecule has 1 N–H and O–H groups in total. The first-order chi connectivity index (χ1) is 10.7. The highest BCUT2D eigenvalue weighted by atomic mass is 19.1. The fourth-order valence-electron chi connectivity index (χ4n) is 2.95. The first-order valence-electron chi connectivity index (χ1n) is 7.35. The quantitative estimate of drug-likeness (QED) is 0.935. The number of carbonyl (C=O) groups is 1.